The monoisotopic (exact) mass is 260 g/mol. The molecule has 0 aliphatic carbocycles. The summed E-state index contributed by atoms with van der Waals surface area (Å²) in [6, 6.07) is 2.26. The molecular weight excluding hydrogens is 240 g/mol. The molecule has 1 aliphatic heterocycles. The van der Waals surface area contributed by atoms with Crippen LogP contribution >= 0.6 is 0 Å². The summed E-state index contributed by atoms with van der Waals surface area (Å²) in [5, 5.41) is 17.7. The van der Waals surface area contributed by atoms with Crippen LogP contribution in [-0.2, 0) is 4.74 Å². The van der Waals surface area contributed by atoms with Gasteiger partial charge in [0.2, 0.25) is 0 Å². The van der Waals surface area contributed by atoms with Gasteiger partial charge in [-0.3, -0.25) is 0 Å². The smallest absolute Gasteiger partial charge is 0.169 e. The SMILES string of the molecule is CCC1(C)CN(c2nnc(C)c(C)c2C#N)CCO1. The fourth-order valence-electron chi connectivity index (χ4n) is 2.28. The van der Waals surface area contributed by atoms with Crippen LogP contribution in [0.4, 0.5) is 5.82 Å². The molecule has 0 spiro atoms. The minimum absolute atomic E-state index is 0.175. The van der Waals surface area contributed by atoms with Crippen molar-refractivity contribution < 1.29 is 4.74 Å². The zero-order valence-corrected chi connectivity index (χ0v) is 12.0. The second kappa shape index (κ2) is 5.14. The second-order valence-electron chi connectivity index (χ2n) is 5.29. The quantitative estimate of drug-likeness (QED) is 0.813. The van der Waals surface area contributed by atoms with Gasteiger partial charge in [-0.05, 0) is 32.8 Å². The molecule has 1 aliphatic rings. The van der Waals surface area contributed by atoms with Crippen molar-refractivity contribution in [2.75, 3.05) is 24.6 Å². The fraction of sp³-hybridized carbons (Fsp3) is 0.643. The summed E-state index contributed by atoms with van der Waals surface area (Å²) in [5.41, 5.74) is 2.18. The van der Waals surface area contributed by atoms with Crippen LogP contribution in [0.3, 0.4) is 0 Å². The molecule has 102 valence electrons. The highest BCUT2D eigenvalue weighted by molar-refractivity contribution is 5.57. The minimum Gasteiger partial charge on any atom is -0.372 e. The van der Waals surface area contributed by atoms with E-state index in [-0.39, 0.29) is 5.60 Å². The molecular formula is C14H20N4O. The highest BCUT2D eigenvalue weighted by atomic mass is 16.5. The maximum Gasteiger partial charge on any atom is 0.169 e. The standard InChI is InChI=1S/C14H20N4O/c1-5-14(4)9-18(6-7-19-14)13-12(8-15)10(2)11(3)16-17-13/h5-7,9H2,1-4H3. The Hall–Kier alpha value is -1.67. The van der Waals surface area contributed by atoms with Crippen LogP contribution in [0.25, 0.3) is 0 Å². The van der Waals surface area contributed by atoms with E-state index >= 15 is 0 Å². The number of nitriles is 1. The molecule has 0 aromatic carbocycles. The van der Waals surface area contributed by atoms with Crippen LogP contribution < -0.4 is 4.90 Å². The maximum absolute atomic E-state index is 9.37. The van der Waals surface area contributed by atoms with Gasteiger partial charge in [-0.25, -0.2) is 0 Å². The lowest BCUT2D eigenvalue weighted by Crippen LogP contribution is -2.50. The summed E-state index contributed by atoms with van der Waals surface area (Å²) in [6.45, 7) is 10.2. The highest BCUT2D eigenvalue weighted by Gasteiger charge is 2.32. The van der Waals surface area contributed by atoms with E-state index in [0.717, 1.165) is 30.8 Å². The number of nitrogens with zero attached hydrogens (tertiary/aromatic N) is 4. The number of aryl methyl sites for hydroxylation is 1. The van der Waals surface area contributed by atoms with E-state index in [2.05, 4.69) is 35.0 Å². The number of hydrogen-bond acceptors (Lipinski definition) is 5. The van der Waals surface area contributed by atoms with Crippen LogP contribution in [0.2, 0.25) is 0 Å². The first kappa shape index (κ1) is 13.8. The number of anilines is 1. The summed E-state index contributed by atoms with van der Waals surface area (Å²) in [5.74, 6) is 0.688. The Morgan fingerprint density at radius 3 is 2.79 bits per heavy atom. The Labute approximate surface area is 114 Å². The van der Waals surface area contributed by atoms with Crippen LogP contribution in [0, 0.1) is 25.2 Å². The first-order valence-electron chi connectivity index (χ1n) is 6.63. The summed E-state index contributed by atoms with van der Waals surface area (Å²) < 4.78 is 5.82. The van der Waals surface area contributed by atoms with Gasteiger partial charge in [-0.15, -0.1) is 5.10 Å². The highest BCUT2D eigenvalue weighted by Crippen LogP contribution is 2.27. The number of rotatable bonds is 2. The van der Waals surface area contributed by atoms with Crippen molar-refractivity contribution >= 4 is 5.82 Å². The van der Waals surface area contributed by atoms with E-state index < -0.39 is 0 Å². The molecule has 0 N–H and O–H groups in total. The molecule has 0 bridgehead atoms. The van der Waals surface area contributed by atoms with Crippen LogP contribution in [0.15, 0.2) is 0 Å². The molecule has 2 rings (SSSR count). The van der Waals surface area contributed by atoms with Gasteiger partial charge < -0.3 is 9.64 Å². The number of ether oxygens (including phenoxy) is 1. The van der Waals surface area contributed by atoms with Gasteiger partial charge in [0.15, 0.2) is 5.82 Å². The molecule has 1 saturated heterocycles. The molecule has 1 atom stereocenters. The predicted molar refractivity (Wildman–Crippen MR) is 73.1 cm³/mol. The van der Waals surface area contributed by atoms with Gasteiger partial charge in [-0.2, -0.15) is 10.4 Å². The van der Waals surface area contributed by atoms with E-state index in [9.17, 15) is 5.26 Å². The van der Waals surface area contributed by atoms with Crippen molar-refractivity contribution in [1.82, 2.24) is 10.2 Å². The molecule has 1 unspecified atom stereocenters. The lowest BCUT2D eigenvalue weighted by Gasteiger charge is -2.40. The molecule has 5 nitrogen and oxygen atoms in total. The van der Waals surface area contributed by atoms with Crippen molar-refractivity contribution in [2.45, 2.75) is 39.7 Å². The zero-order valence-electron chi connectivity index (χ0n) is 12.0. The second-order valence-corrected chi connectivity index (χ2v) is 5.29. The van der Waals surface area contributed by atoms with Gasteiger partial charge in [0.25, 0.3) is 0 Å². The largest absolute Gasteiger partial charge is 0.372 e. The Balaban J connectivity index is 2.37. The van der Waals surface area contributed by atoms with Crippen LogP contribution in [0.5, 0.6) is 0 Å². The van der Waals surface area contributed by atoms with Crippen LogP contribution in [0.1, 0.15) is 37.1 Å². The van der Waals surface area contributed by atoms with Crippen molar-refractivity contribution in [3.8, 4) is 6.07 Å². The molecule has 1 fully saturated rings. The molecule has 0 amide bonds. The summed E-state index contributed by atoms with van der Waals surface area (Å²) >= 11 is 0. The van der Waals surface area contributed by atoms with Gasteiger partial charge in [0.05, 0.1) is 17.9 Å². The van der Waals surface area contributed by atoms with E-state index in [0.29, 0.717) is 18.0 Å². The molecule has 1 aromatic heterocycles. The van der Waals surface area contributed by atoms with Crippen molar-refractivity contribution in [3.05, 3.63) is 16.8 Å². The van der Waals surface area contributed by atoms with Gasteiger partial charge in [0.1, 0.15) is 11.6 Å². The Morgan fingerprint density at radius 1 is 1.42 bits per heavy atom. The zero-order chi connectivity index (χ0) is 14.0. The van der Waals surface area contributed by atoms with E-state index in [4.69, 9.17) is 4.74 Å². The van der Waals surface area contributed by atoms with Crippen molar-refractivity contribution in [1.29, 1.82) is 5.26 Å². The van der Waals surface area contributed by atoms with Crippen molar-refractivity contribution in [3.63, 3.8) is 0 Å². The van der Waals surface area contributed by atoms with E-state index in [1.54, 1.807) is 0 Å². The van der Waals surface area contributed by atoms with Gasteiger partial charge >= 0.3 is 0 Å². The van der Waals surface area contributed by atoms with E-state index in [1.165, 1.54) is 0 Å². The summed E-state index contributed by atoms with van der Waals surface area (Å²) in [7, 11) is 0. The Kier molecular flexibility index (Phi) is 3.72. The Bertz CT molecular complexity index is 523. The average molecular weight is 260 g/mol. The molecule has 0 radical (unpaired) electrons. The van der Waals surface area contributed by atoms with E-state index in [1.807, 2.05) is 13.8 Å². The first-order chi connectivity index (χ1) is 9.00. The average Bonchev–Trinajstić information content (AvgIpc) is 2.41. The third kappa shape index (κ3) is 2.54. The number of aromatic nitrogens is 2. The van der Waals surface area contributed by atoms with Crippen LogP contribution in [-0.4, -0.2) is 35.5 Å². The molecule has 1 aromatic rings. The summed E-state index contributed by atoms with van der Waals surface area (Å²) in [6.07, 6.45) is 0.934. The number of morpholine rings is 1. The maximum atomic E-state index is 9.37. The molecule has 0 saturated carbocycles. The normalized spacial score (nSPS) is 23.2. The number of hydrogen-bond donors (Lipinski definition) is 0. The van der Waals surface area contributed by atoms with Gasteiger partial charge in [-0.1, -0.05) is 6.92 Å². The third-order valence-electron chi connectivity index (χ3n) is 3.93. The third-order valence-corrected chi connectivity index (χ3v) is 3.93. The molecule has 19 heavy (non-hydrogen) atoms. The van der Waals surface area contributed by atoms with Gasteiger partial charge in [0, 0.05) is 13.1 Å². The minimum atomic E-state index is -0.175. The first-order valence-corrected chi connectivity index (χ1v) is 6.63. The summed E-state index contributed by atoms with van der Waals surface area (Å²) in [4.78, 5) is 2.12. The topological polar surface area (TPSA) is 62.0 Å². The molecule has 2 heterocycles. The lowest BCUT2D eigenvalue weighted by molar-refractivity contribution is -0.0443. The molecule has 5 heteroatoms. The van der Waals surface area contributed by atoms with Crippen molar-refractivity contribution in [2.24, 2.45) is 0 Å². The lowest BCUT2D eigenvalue weighted by atomic mass is 10.0. The fourth-order valence-corrected chi connectivity index (χ4v) is 2.28. The Morgan fingerprint density at radius 2 is 2.16 bits per heavy atom. The predicted octanol–water partition coefficient (Wildman–Crippen LogP) is 1.97.